The molecule has 2 amide bonds. The average molecular weight is 426 g/mol. The molecule has 0 saturated carbocycles. The van der Waals surface area contributed by atoms with E-state index in [1.807, 2.05) is 41.0 Å². The molecule has 2 aliphatic rings. The fraction of sp³-hybridized carbons (Fsp3) is 0.565. The molecule has 8 heteroatoms. The molecule has 0 aliphatic carbocycles. The Labute approximate surface area is 182 Å². The van der Waals surface area contributed by atoms with Crippen LogP contribution in [0.15, 0.2) is 29.1 Å². The standard InChI is InChI=1S/C23H31N5O3/c1-2-28-19-10-4-3-9-18(19)25-21(23(28)31)27-14-5-8-17(16-27)22(30)24-12-7-15-26-13-6-11-20(26)29/h3-4,9-10,17H,2,5-8,11-16H2,1H3,(H,24,30). The van der Waals surface area contributed by atoms with E-state index in [1.165, 1.54) is 0 Å². The van der Waals surface area contributed by atoms with Crippen LogP contribution in [0.25, 0.3) is 11.0 Å². The van der Waals surface area contributed by atoms with E-state index in [2.05, 4.69) is 10.3 Å². The van der Waals surface area contributed by atoms with Gasteiger partial charge in [0.1, 0.15) is 0 Å². The SMILES string of the molecule is CCn1c(=O)c(N2CCCC(C(=O)NCCCN3CCCC3=O)C2)nc2ccccc21. The van der Waals surface area contributed by atoms with E-state index in [1.54, 1.807) is 4.57 Å². The van der Waals surface area contributed by atoms with Gasteiger partial charge in [0, 0.05) is 45.7 Å². The van der Waals surface area contributed by atoms with Crippen LogP contribution in [0.2, 0.25) is 0 Å². The van der Waals surface area contributed by atoms with E-state index in [0.717, 1.165) is 49.8 Å². The van der Waals surface area contributed by atoms with E-state index < -0.39 is 0 Å². The zero-order valence-electron chi connectivity index (χ0n) is 18.2. The van der Waals surface area contributed by atoms with Crippen LogP contribution in [0.5, 0.6) is 0 Å². The molecular weight excluding hydrogens is 394 g/mol. The Morgan fingerprint density at radius 1 is 1.19 bits per heavy atom. The van der Waals surface area contributed by atoms with Crippen molar-refractivity contribution in [3.05, 3.63) is 34.6 Å². The number of aryl methyl sites for hydroxylation is 1. The van der Waals surface area contributed by atoms with Gasteiger partial charge in [0.2, 0.25) is 11.8 Å². The first kappa shape index (κ1) is 21.3. The molecule has 0 spiro atoms. The Kier molecular flexibility index (Phi) is 6.53. The van der Waals surface area contributed by atoms with Gasteiger partial charge >= 0.3 is 0 Å². The summed E-state index contributed by atoms with van der Waals surface area (Å²) >= 11 is 0. The fourth-order valence-electron chi connectivity index (χ4n) is 4.65. The van der Waals surface area contributed by atoms with Gasteiger partial charge in [-0.15, -0.1) is 0 Å². The van der Waals surface area contributed by atoms with Crippen molar-refractivity contribution in [1.82, 2.24) is 19.8 Å². The molecule has 1 N–H and O–H groups in total. The number of fused-ring (bicyclic) bond motifs is 1. The highest BCUT2D eigenvalue weighted by molar-refractivity contribution is 5.80. The maximum absolute atomic E-state index is 13.1. The van der Waals surface area contributed by atoms with E-state index in [-0.39, 0.29) is 23.3 Å². The largest absolute Gasteiger partial charge is 0.356 e. The Balaban J connectivity index is 1.39. The number of carbonyl (C=O) groups is 2. The highest BCUT2D eigenvalue weighted by Gasteiger charge is 2.28. The van der Waals surface area contributed by atoms with Gasteiger partial charge < -0.3 is 19.7 Å². The summed E-state index contributed by atoms with van der Waals surface area (Å²) < 4.78 is 1.75. The third-order valence-corrected chi connectivity index (χ3v) is 6.32. The summed E-state index contributed by atoms with van der Waals surface area (Å²) in [4.78, 5) is 46.0. The highest BCUT2D eigenvalue weighted by Crippen LogP contribution is 2.22. The Hall–Kier alpha value is -2.90. The number of hydrogen-bond acceptors (Lipinski definition) is 5. The average Bonchev–Trinajstić information content (AvgIpc) is 3.21. The molecule has 166 valence electrons. The number of benzene rings is 1. The lowest BCUT2D eigenvalue weighted by Crippen LogP contribution is -2.46. The van der Waals surface area contributed by atoms with Crippen molar-refractivity contribution in [2.24, 2.45) is 5.92 Å². The molecule has 3 heterocycles. The number of para-hydroxylation sites is 2. The molecule has 2 fully saturated rings. The highest BCUT2D eigenvalue weighted by atomic mass is 16.2. The predicted octanol–water partition coefficient (Wildman–Crippen LogP) is 1.76. The van der Waals surface area contributed by atoms with Crippen LogP contribution >= 0.6 is 0 Å². The molecule has 1 atom stereocenters. The van der Waals surface area contributed by atoms with Crippen molar-refractivity contribution < 1.29 is 9.59 Å². The van der Waals surface area contributed by atoms with Crippen molar-refractivity contribution in [3.63, 3.8) is 0 Å². The Morgan fingerprint density at radius 3 is 2.81 bits per heavy atom. The Morgan fingerprint density at radius 2 is 2.03 bits per heavy atom. The third kappa shape index (κ3) is 4.57. The monoisotopic (exact) mass is 425 g/mol. The van der Waals surface area contributed by atoms with Crippen LogP contribution in [-0.4, -0.2) is 59.0 Å². The third-order valence-electron chi connectivity index (χ3n) is 6.32. The maximum Gasteiger partial charge on any atom is 0.293 e. The number of likely N-dealkylation sites (tertiary alicyclic amines) is 1. The molecule has 31 heavy (non-hydrogen) atoms. The fourth-order valence-corrected chi connectivity index (χ4v) is 4.65. The molecule has 1 aromatic carbocycles. The van der Waals surface area contributed by atoms with Crippen LogP contribution in [-0.2, 0) is 16.1 Å². The normalized spacial score (nSPS) is 19.3. The summed E-state index contributed by atoms with van der Waals surface area (Å²) in [6.45, 7) is 5.86. The van der Waals surface area contributed by atoms with Gasteiger partial charge in [0.25, 0.3) is 5.56 Å². The summed E-state index contributed by atoms with van der Waals surface area (Å²) in [6, 6.07) is 7.67. The number of rotatable bonds is 7. The second kappa shape index (κ2) is 9.49. The molecule has 2 saturated heterocycles. The second-order valence-corrected chi connectivity index (χ2v) is 8.39. The van der Waals surface area contributed by atoms with E-state index in [0.29, 0.717) is 38.4 Å². The van der Waals surface area contributed by atoms with Gasteiger partial charge in [0.15, 0.2) is 5.82 Å². The first-order valence-electron chi connectivity index (χ1n) is 11.4. The lowest BCUT2D eigenvalue weighted by Gasteiger charge is -2.32. The van der Waals surface area contributed by atoms with Crippen molar-refractivity contribution in [2.75, 3.05) is 37.6 Å². The number of nitrogens with zero attached hydrogens (tertiary/aromatic N) is 4. The van der Waals surface area contributed by atoms with E-state index in [4.69, 9.17) is 0 Å². The number of amides is 2. The number of hydrogen-bond donors (Lipinski definition) is 1. The van der Waals surface area contributed by atoms with E-state index in [9.17, 15) is 14.4 Å². The van der Waals surface area contributed by atoms with Crippen LogP contribution in [0.1, 0.15) is 39.0 Å². The smallest absolute Gasteiger partial charge is 0.293 e. The van der Waals surface area contributed by atoms with Crippen LogP contribution in [0, 0.1) is 5.92 Å². The molecule has 2 aliphatic heterocycles. The second-order valence-electron chi connectivity index (χ2n) is 8.39. The first-order chi connectivity index (χ1) is 15.1. The minimum atomic E-state index is -0.162. The van der Waals surface area contributed by atoms with Crippen molar-refractivity contribution in [2.45, 2.75) is 45.6 Å². The lowest BCUT2D eigenvalue weighted by molar-refractivity contribution is -0.127. The summed E-state index contributed by atoms with van der Waals surface area (Å²) in [5.41, 5.74) is 1.53. The maximum atomic E-state index is 13.1. The number of piperidine rings is 1. The molecule has 1 unspecified atom stereocenters. The number of anilines is 1. The van der Waals surface area contributed by atoms with Gasteiger partial charge in [-0.2, -0.15) is 0 Å². The lowest BCUT2D eigenvalue weighted by atomic mass is 9.97. The molecule has 0 bridgehead atoms. The van der Waals surface area contributed by atoms with Gasteiger partial charge in [-0.25, -0.2) is 4.98 Å². The molecular formula is C23H31N5O3. The number of carbonyl (C=O) groups excluding carboxylic acids is 2. The van der Waals surface area contributed by atoms with E-state index >= 15 is 0 Å². The topological polar surface area (TPSA) is 87.5 Å². The Bertz CT molecular complexity index is 1020. The van der Waals surface area contributed by atoms with Gasteiger partial charge in [-0.3, -0.25) is 14.4 Å². The minimum absolute atomic E-state index is 0.0223. The summed E-state index contributed by atoms with van der Waals surface area (Å²) in [6.07, 6.45) is 4.00. The molecule has 4 rings (SSSR count). The van der Waals surface area contributed by atoms with Gasteiger partial charge in [-0.05, 0) is 44.7 Å². The molecule has 2 aromatic rings. The first-order valence-corrected chi connectivity index (χ1v) is 11.4. The van der Waals surface area contributed by atoms with Gasteiger partial charge in [0.05, 0.1) is 17.0 Å². The molecule has 0 radical (unpaired) electrons. The minimum Gasteiger partial charge on any atom is -0.356 e. The molecule has 1 aromatic heterocycles. The van der Waals surface area contributed by atoms with Crippen LogP contribution < -0.4 is 15.8 Å². The summed E-state index contributed by atoms with van der Waals surface area (Å²) in [5.74, 6) is 0.513. The molecule has 8 nitrogen and oxygen atoms in total. The zero-order valence-corrected chi connectivity index (χ0v) is 18.2. The quantitative estimate of drug-likeness (QED) is 0.683. The van der Waals surface area contributed by atoms with Crippen molar-refractivity contribution in [1.29, 1.82) is 0 Å². The van der Waals surface area contributed by atoms with Crippen molar-refractivity contribution in [3.8, 4) is 0 Å². The van der Waals surface area contributed by atoms with Crippen LogP contribution in [0.3, 0.4) is 0 Å². The zero-order chi connectivity index (χ0) is 21.8. The number of nitrogens with one attached hydrogen (secondary N) is 1. The number of aromatic nitrogens is 2. The summed E-state index contributed by atoms with van der Waals surface area (Å²) in [5, 5.41) is 3.02. The van der Waals surface area contributed by atoms with Gasteiger partial charge in [-0.1, -0.05) is 12.1 Å². The summed E-state index contributed by atoms with van der Waals surface area (Å²) in [7, 11) is 0. The van der Waals surface area contributed by atoms with Crippen LogP contribution in [0.4, 0.5) is 5.82 Å². The van der Waals surface area contributed by atoms with Crippen molar-refractivity contribution >= 4 is 28.7 Å². The predicted molar refractivity (Wildman–Crippen MR) is 120 cm³/mol.